The van der Waals surface area contributed by atoms with Crippen LogP contribution in [0.4, 0.5) is 5.69 Å². The molecule has 132 valence electrons. The Kier molecular flexibility index (Phi) is 5.25. The Morgan fingerprint density at radius 3 is 3.04 bits per heavy atom. The summed E-state index contributed by atoms with van der Waals surface area (Å²) in [4.78, 5) is 27.6. The number of rotatable bonds is 6. The lowest BCUT2D eigenvalue weighted by Crippen LogP contribution is -2.44. The van der Waals surface area contributed by atoms with Crippen LogP contribution < -0.4 is 16.1 Å². The maximum absolute atomic E-state index is 11.7. The molecule has 1 saturated heterocycles. The van der Waals surface area contributed by atoms with E-state index in [0.717, 1.165) is 35.8 Å². The van der Waals surface area contributed by atoms with E-state index in [1.165, 1.54) is 5.56 Å². The Labute approximate surface area is 146 Å². The van der Waals surface area contributed by atoms with Crippen LogP contribution in [-0.2, 0) is 16.0 Å². The van der Waals surface area contributed by atoms with Crippen LogP contribution in [0.2, 0.25) is 0 Å². The van der Waals surface area contributed by atoms with E-state index in [0.29, 0.717) is 13.1 Å². The Balaban J connectivity index is 1.78. The molecule has 0 spiro atoms. The molecule has 7 nitrogen and oxygen atoms in total. The van der Waals surface area contributed by atoms with Gasteiger partial charge in [0.15, 0.2) is 0 Å². The van der Waals surface area contributed by atoms with Gasteiger partial charge in [-0.3, -0.25) is 14.6 Å². The molecule has 1 atom stereocenters. The number of hydrogen-bond donors (Lipinski definition) is 2. The van der Waals surface area contributed by atoms with Crippen LogP contribution in [0.3, 0.4) is 0 Å². The van der Waals surface area contributed by atoms with Gasteiger partial charge in [-0.25, -0.2) is 10.0 Å². The largest absolute Gasteiger partial charge is 0.351 e. The third-order valence-corrected chi connectivity index (χ3v) is 4.53. The van der Waals surface area contributed by atoms with Crippen molar-refractivity contribution in [1.29, 1.82) is 0 Å². The molecule has 2 amide bonds. The van der Waals surface area contributed by atoms with E-state index in [1.54, 1.807) is 11.2 Å². The minimum atomic E-state index is -0.177. The summed E-state index contributed by atoms with van der Waals surface area (Å²) in [6.45, 7) is 3.33. The number of pyridine rings is 1. The molecule has 1 fully saturated rings. The molecule has 0 unspecified atom stereocenters. The van der Waals surface area contributed by atoms with Crippen molar-refractivity contribution in [2.75, 3.05) is 24.6 Å². The van der Waals surface area contributed by atoms with Gasteiger partial charge in [-0.05, 0) is 30.5 Å². The Morgan fingerprint density at radius 2 is 2.32 bits per heavy atom. The van der Waals surface area contributed by atoms with E-state index in [4.69, 9.17) is 5.73 Å². The van der Waals surface area contributed by atoms with Gasteiger partial charge in [0.1, 0.15) is 0 Å². The lowest BCUT2D eigenvalue weighted by atomic mass is 10.1. The van der Waals surface area contributed by atoms with Crippen molar-refractivity contribution in [3.8, 4) is 0 Å². The molecule has 1 aromatic heterocycles. The molecule has 25 heavy (non-hydrogen) atoms. The molecular weight excluding hydrogens is 318 g/mol. The number of nitrogens with one attached hydrogen (secondary N) is 1. The number of carbonyl (C=O) groups excluding carboxylic acids is 2. The van der Waals surface area contributed by atoms with Gasteiger partial charge in [-0.1, -0.05) is 19.1 Å². The fourth-order valence-corrected chi connectivity index (χ4v) is 3.13. The Bertz CT molecular complexity index is 779. The number of aryl methyl sites for hydroxylation is 1. The third kappa shape index (κ3) is 3.78. The van der Waals surface area contributed by atoms with E-state index >= 15 is 0 Å². The van der Waals surface area contributed by atoms with Crippen LogP contribution in [0.15, 0.2) is 30.5 Å². The van der Waals surface area contributed by atoms with Crippen LogP contribution >= 0.6 is 0 Å². The molecule has 7 heteroatoms. The number of nitrogens with zero attached hydrogens (tertiary/aromatic N) is 3. The van der Waals surface area contributed by atoms with Crippen LogP contribution in [0, 0.1) is 0 Å². The van der Waals surface area contributed by atoms with Gasteiger partial charge in [0.2, 0.25) is 12.3 Å². The van der Waals surface area contributed by atoms with Crippen molar-refractivity contribution in [2.45, 2.75) is 25.8 Å². The number of hydrogen-bond acceptors (Lipinski definition) is 5. The molecule has 0 radical (unpaired) electrons. The standard InChI is InChI=1S/C18H23N5O2/c1-2-13-3-4-14-8-16(10-20-17(14)7-13)23(12-24)22-6-5-15(11-22)21-18(25)9-19/h3-4,7-8,10,12,15H,2,5-6,9,11,19H2,1H3,(H,21,25)/t15-/m1/s1. The summed E-state index contributed by atoms with van der Waals surface area (Å²) in [5.41, 5.74) is 8.21. The molecule has 2 heterocycles. The van der Waals surface area contributed by atoms with Gasteiger partial charge in [-0.15, -0.1) is 0 Å². The number of fused-ring (bicyclic) bond motifs is 1. The predicted octanol–water partition coefficient (Wildman–Crippen LogP) is 0.824. The van der Waals surface area contributed by atoms with Crippen molar-refractivity contribution in [1.82, 2.24) is 15.3 Å². The monoisotopic (exact) mass is 341 g/mol. The zero-order valence-corrected chi connectivity index (χ0v) is 14.3. The number of carbonyl (C=O) groups is 2. The average molecular weight is 341 g/mol. The van der Waals surface area contributed by atoms with Gasteiger partial charge in [0, 0.05) is 24.5 Å². The number of hydrazine groups is 1. The summed E-state index contributed by atoms with van der Waals surface area (Å²) in [6.07, 6.45) is 4.23. The first-order valence-electron chi connectivity index (χ1n) is 8.52. The zero-order chi connectivity index (χ0) is 17.8. The van der Waals surface area contributed by atoms with Gasteiger partial charge >= 0.3 is 0 Å². The molecule has 1 aliphatic rings. The van der Waals surface area contributed by atoms with E-state index in [2.05, 4.69) is 29.4 Å². The van der Waals surface area contributed by atoms with E-state index in [9.17, 15) is 9.59 Å². The molecule has 0 bridgehead atoms. The lowest BCUT2D eigenvalue weighted by molar-refractivity contribution is -0.120. The molecule has 3 N–H and O–H groups in total. The highest BCUT2D eigenvalue weighted by atomic mass is 16.2. The summed E-state index contributed by atoms with van der Waals surface area (Å²) < 4.78 is 0. The van der Waals surface area contributed by atoms with Crippen molar-refractivity contribution in [3.05, 3.63) is 36.0 Å². The van der Waals surface area contributed by atoms with Crippen molar-refractivity contribution in [2.24, 2.45) is 5.73 Å². The van der Waals surface area contributed by atoms with E-state index in [-0.39, 0.29) is 18.5 Å². The number of aromatic nitrogens is 1. The topological polar surface area (TPSA) is 91.6 Å². The molecule has 3 rings (SSSR count). The normalized spacial score (nSPS) is 17.6. The lowest BCUT2D eigenvalue weighted by Gasteiger charge is -2.28. The number of nitrogens with two attached hydrogens (primary N) is 1. The molecule has 0 saturated carbocycles. The van der Waals surface area contributed by atoms with Crippen LogP contribution in [0.25, 0.3) is 10.9 Å². The summed E-state index contributed by atoms with van der Waals surface area (Å²) in [6, 6.07) is 8.13. The highest BCUT2D eigenvalue weighted by molar-refractivity contribution is 5.85. The van der Waals surface area contributed by atoms with Crippen LogP contribution in [0.5, 0.6) is 0 Å². The molecule has 0 aliphatic carbocycles. The highest BCUT2D eigenvalue weighted by Gasteiger charge is 2.28. The molecule has 2 aromatic rings. The summed E-state index contributed by atoms with van der Waals surface area (Å²) in [7, 11) is 0. The second kappa shape index (κ2) is 7.58. The smallest absolute Gasteiger partial charge is 0.233 e. The van der Waals surface area contributed by atoms with Gasteiger partial charge in [-0.2, -0.15) is 0 Å². The highest BCUT2D eigenvalue weighted by Crippen LogP contribution is 2.23. The van der Waals surface area contributed by atoms with Gasteiger partial charge < -0.3 is 11.1 Å². The summed E-state index contributed by atoms with van der Waals surface area (Å²) in [5.74, 6) is -0.177. The summed E-state index contributed by atoms with van der Waals surface area (Å²) in [5, 5.41) is 7.34. The molecule has 1 aliphatic heterocycles. The second-order valence-corrected chi connectivity index (χ2v) is 6.19. The fourth-order valence-electron chi connectivity index (χ4n) is 3.13. The Hall–Kier alpha value is -2.51. The maximum Gasteiger partial charge on any atom is 0.233 e. The van der Waals surface area contributed by atoms with Crippen molar-refractivity contribution < 1.29 is 9.59 Å². The minimum Gasteiger partial charge on any atom is -0.351 e. The first-order chi connectivity index (χ1) is 12.1. The van der Waals surface area contributed by atoms with Crippen LogP contribution in [0.1, 0.15) is 18.9 Å². The fraction of sp³-hybridized carbons (Fsp3) is 0.389. The zero-order valence-electron chi connectivity index (χ0n) is 14.3. The van der Waals surface area contributed by atoms with Crippen molar-refractivity contribution >= 4 is 28.9 Å². The van der Waals surface area contributed by atoms with Gasteiger partial charge in [0.05, 0.1) is 23.9 Å². The molecular formula is C18H23N5O2. The third-order valence-electron chi connectivity index (χ3n) is 4.53. The quantitative estimate of drug-likeness (QED) is 0.759. The number of anilines is 1. The molecule has 1 aromatic carbocycles. The minimum absolute atomic E-state index is 0.000900. The number of amides is 2. The average Bonchev–Trinajstić information content (AvgIpc) is 3.09. The first kappa shape index (κ1) is 17.3. The van der Waals surface area contributed by atoms with E-state index in [1.807, 2.05) is 17.1 Å². The number of benzene rings is 1. The Morgan fingerprint density at radius 1 is 1.48 bits per heavy atom. The first-order valence-corrected chi connectivity index (χ1v) is 8.52. The van der Waals surface area contributed by atoms with Crippen molar-refractivity contribution in [3.63, 3.8) is 0 Å². The SMILES string of the molecule is CCc1ccc2cc(N(C=O)N3CC[C@@H](NC(=O)CN)C3)cnc2c1. The summed E-state index contributed by atoms with van der Waals surface area (Å²) >= 11 is 0. The maximum atomic E-state index is 11.7. The van der Waals surface area contributed by atoms with E-state index < -0.39 is 0 Å². The predicted molar refractivity (Wildman–Crippen MR) is 96.8 cm³/mol. The van der Waals surface area contributed by atoms with Gasteiger partial charge in [0.25, 0.3) is 0 Å². The second-order valence-electron chi connectivity index (χ2n) is 6.19. The van der Waals surface area contributed by atoms with Crippen LogP contribution in [-0.4, -0.2) is 48.0 Å².